The van der Waals surface area contributed by atoms with Gasteiger partial charge in [0.25, 0.3) is 0 Å². The van der Waals surface area contributed by atoms with Gasteiger partial charge in [0.05, 0.1) is 6.10 Å². The summed E-state index contributed by atoms with van der Waals surface area (Å²) in [6.07, 6.45) is -1.32. The van der Waals surface area contributed by atoms with Crippen molar-refractivity contribution >= 4 is 21.7 Å². The Hall–Kier alpha value is -0.710. The highest BCUT2D eigenvalue weighted by Gasteiger charge is 2.16. The maximum Gasteiger partial charge on any atom is 0.134 e. The van der Waals surface area contributed by atoms with Crippen molar-refractivity contribution in [2.45, 2.75) is 25.6 Å². The second-order valence-electron chi connectivity index (χ2n) is 3.79. The van der Waals surface area contributed by atoms with Gasteiger partial charge in [-0.1, -0.05) is 40.2 Å². The molecular formula is C12H15BrO3. The summed E-state index contributed by atoms with van der Waals surface area (Å²) in [4.78, 5) is 10.9. The van der Waals surface area contributed by atoms with E-state index in [1.807, 2.05) is 0 Å². The fourth-order valence-corrected chi connectivity index (χ4v) is 1.78. The zero-order chi connectivity index (χ0) is 12.1. The highest BCUT2D eigenvalue weighted by atomic mass is 79.9. The van der Waals surface area contributed by atoms with E-state index in [2.05, 4.69) is 15.9 Å². The number of benzene rings is 1. The summed E-state index contributed by atoms with van der Waals surface area (Å²) in [5.41, 5.74) is 1.57. The number of Topliss-reactive ketones (excluding diaryl/α,β-unsaturated/α-hetero) is 1. The van der Waals surface area contributed by atoms with Crippen LogP contribution in [0.15, 0.2) is 24.3 Å². The van der Waals surface area contributed by atoms with Crippen LogP contribution in [0.4, 0.5) is 0 Å². The first-order valence-electron chi connectivity index (χ1n) is 5.05. The Bertz CT molecular complexity index is 348. The zero-order valence-electron chi connectivity index (χ0n) is 9.06. The minimum atomic E-state index is -0.897. The van der Waals surface area contributed by atoms with Crippen LogP contribution in [0.25, 0.3) is 0 Å². The Kier molecular flexibility index (Phi) is 5.12. The van der Waals surface area contributed by atoms with Crippen molar-refractivity contribution in [1.29, 1.82) is 0 Å². The number of aliphatic hydroxyl groups excluding tert-OH is 2. The molecule has 1 rings (SSSR count). The van der Waals surface area contributed by atoms with E-state index in [1.54, 1.807) is 24.3 Å². The minimum Gasteiger partial charge on any atom is -0.389 e. The van der Waals surface area contributed by atoms with Crippen LogP contribution in [0.1, 0.15) is 24.2 Å². The third kappa shape index (κ3) is 3.70. The van der Waals surface area contributed by atoms with Gasteiger partial charge < -0.3 is 10.2 Å². The van der Waals surface area contributed by atoms with Crippen LogP contribution >= 0.6 is 15.9 Å². The molecule has 0 aliphatic carbocycles. The van der Waals surface area contributed by atoms with Crippen LogP contribution in [0.2, 0.25) is 0 Å². The van der Waals surface area contributed by atoms with E-state index < -0.39 is 12.2 Å². The van der Waals surface area contributed by atoms with Crippen molar-refractivity contribution in [3.05, 3.63) is 35.4 Å². The van der Waals surface area contributed by atoms with Crippen molar-refractivity contribution in [3.63, 3.8) is 0 Å². The smallest absolute Gasteiger partial charge is 0.134 e. The predicted molar refractivity (Wildman–Crippen MR) is 65.6 cm³/mol. The summed E-state index contributed by atoms with van der Waals surface area (Å²) in [6.45, 7) is 1.54. The number of ketones is 1. The van der Waals surface area contributed by atoms with Crippen LogP contribution in [0.5, 0.6) is 0 Å². The van der Waals surface area contributed by atoms with Gasteiger partial charge in [0, 0.05) is 11.8 Å². The number of rotatable bonds is 5. The van der Waals surface area contributed by atoms with Gasteiger partial charge in [-0.2, -0.15) is 0 Å². The molecule has 0 bridgehead atoms. The van der Waals surface area contributed by atoms with Crippen LogP contribution in [0, 0.1) is 0 Å². The summed E-state index contributed by atoms with van der Waals surface area (Å²) >= 11 is 3.11. The lowest BCUT2D eigenvalue weighted by Gasteiger charge is -2.15. The van der Waals surface area contributed by atoms with Crippen molar-refractivity contribution < 1.29 is 15.0 Å². The largest absolute Gasteiger partial charge is 0.389 e. The molecule has 0 amide bonds. The van der Waals surface area contributed by atoms with E-state index in [0.29, 0.717) is 17.3 Å². The highest BCUT2D eigenvalue weighted by Crippen LogP contribution is 2.18. The molecule has 1 aromatic rings. The van der Waals surface area contributed by atoms with E-state index in [0.717, 1.165) is 5.56 Å². The van der Waals surface area contributed by atoms with Gasteiger partial charge in [0.15, 0.2) is 0 Å². The molecule has 2 N–H and O–H groups in total. The first-order chi connectivity index (χ1) is 7.54. The van der Waals surface area contributed by atoms with Crippen molar-refractivity contribution in [1.82, 2.24) is 0 Å². The lowest BCUT2D eigenvalue weighted by molar-refractivity contribution is -0.116. The minimum absolute atomic E-state index is 0.105. The maximum atomic E-state index is 10.9. The molecule has 0 saturated heterocycles. The molecule has 88 valence electrons. The van der Waals surface area contributed by atoms with Crippen molar-refractivity contribution in [2.75, 3.05) is 5.33 Å². The fourth-order valence-electron chi connectivity index (χ4n) is 1.43. The van der Waals surface area contributed by atoms with Crippen LogP contribution in [0.3, 0.4) is 0 Å². The number of carbonyl (C=O) groups excluding carboxylic acids is 1. The average molecular weight is 287 g/mol. The molecule has 4 heteroatoms. The van der Waals surface area contributed by atoms with Gasteiger partial charge in [-0.05, 0) is 18.1 Å². The summed E-state index contributed by atoms with van der Waals surface area (Å²) in [6, 6.07) is 7.05. The molecule has 0 aliphatic heterocycles. The Labute approximate surface area is 103 Å². The molecule has 16 heavy (non-hydrogen) atoms. The van der Waals surface area contributed by atoms with Gasteiger partial charge >= 0.3 is 0 Å². The molecule has 0 aliphatic rings. The second kappa shape index (κ2) is 6.13. The molecular weight excluding hydrogens is 272 g/mol. The molecule has 0 aromatic heterocycles. The van der Waals surface area contributed by atoms with Gasteiger partial charge in [-0.3, -0.25) is 4.79 Å². The SMILES string of the molecule is CC(=O)Cc1ccc(C(O)C(O)CBr)cc1. The quantitative estimate of drug-likeness (QED) is 0.809. The molecule has 0 spiro atoms. The number of hydrogen-bond donors (Lipinski definition) is 2. The number of halogens is 1. The lowest BCUT2D eigenvalue weighted by atomic mass is 10.0. The van der Waals surface area contributed by atoms with E-state index in [9.17, 15) is 15.0 Å². The van der Waals surface area contributed by atoms with E-state index >= 15 is 0 Å². The Morgan fingerprint density at radius 1 is 1.31 bits per heavy atom. The van der Waals surface area contributed by atoms with Gasteiger partial charge in [0.2, 0.25) is 0 Å². The third-order valence-corrected chi connectivity index (χ3v) is 2.96. The number of aliphatic hydroxyl groups is 2. The summed E-state index contributed by atoms with van der Waals surface area (Å²) in [5.74, 6) is 0.105. The van der Waals surface area contributed by atoms with Crippen LogP contribution in [-0.2, 0) is 11.2 Å². The number of carbonyl (C=O) groups is 1. The first kappa shape index (κ1) is 13.4. The van der Waals surface area contributed by atoms with E-state index in [-0.39, 0.29) is 5.78 Å². The third-order valence-electron chi connectivity index (χ3n) is 2.30. The molecule has 0 fully saturated rings. The Morgan fingerprint density at radius 2 is 1.88 bits per heavy atom. The normalized spacial score (nSPS) is 14.5. The van der Waals surface area contributed by atoms with E-state index in [4.69, 9.17) is 0 Å². The standard InChI is InChI=1S/C12H15BrO3/c1-8(14)6-9-2-4-10(5-3-9)12(16)11(15)7-13/h2-5,11-12,15-16H,6-7H2,1H3. The molecule has 2 unspecified atom stereocenters. The Morgan fingerprint density at radius 3 is 2.31 bits per heavy atom. The maximum absolute atomic E-state index is 10.9. The van der Waals surface area contributed by atoms with Gasteiger partial charge in [0.1, 0.15) is 11.9 Å². The summed E-state index contributed by atoms with van der Waals surface area (Å²) in [7, 11) is 0. The monoisotopic (exact) mass is 286 g/mol. The molecule has 0 radical (unpaired) electrons. The average Bonchev–Trinajstić information content (AvgIpc) is 2.27. The summed E-state index contributed by atoms with van der Waals surface area (Å²) < 4.78 is 0. The topological polar surface area (TPSA) is 57.5 Å². The zero-order valence-corrected chi connectivity index (χ0v) is 10.6. The number of hydrogen-bond acceptors (Lipinski definition) is 3. The summed E-state index contributed by atoms with van der Waals surface area (Å²) in [5, 5.41) is 19.5. The van der Waals surface area contributed by atoms with Crippen molar-refractivity contribution in [3.8, 4) is 0 Å². The molecule has 2 atom stereocenters. The molecule has 1 aromatic carbocycles. The van der Waals surface area contributed by atoms with Gasteiger partial charge in [-0.25, -0.2) is 0 Å². The van der Waals surface area contributed by atoms with Gasteiger partial charge in [-0.15, -0.1) is 0 Å². The van der Waals surface area contributed by atoms with Crippen molar-refractivity contribution in [2.24, 2.45) is 0 Å². The lowest BCUT2D eigenvalue weighted by Crippen LogP contribution is -2.19. The fraction of sp³-hybridized carbons (Fsp3) is 0.417. The predicted octanol–water partition coefficient (Wildman–Crippen LogP) is 1.61. The number of alkyl halides is 1. The molecule has 3 nitrogen and oxygen atoms in total. The first-order valence-corrected chi connectivity index (χ1v) is 6.17. The highest BCUT2D eigenvalue weighted by molar-refractivity contribution is 9.09. The van der Waals surface area contributed by atoms with Crippen LogP contribution in [-0.4, -0.2) is 27.4 Å². The molecule has 0 saturated carbocycles. The second-order valence-corrected chi connectivity index (χ2v) is 4.43. The van der Waals surface area contributed by atoms with E-state index in [1.165, 1.54) is 6.92 Å². The van der Waals surface area contributed by atoms with Crippen LogP contribution < -0.4 is 0 Å². The molecule has 0 heterocycles. The Balaban J connectivity index is 2.74.